The molecule has 2 aromatic rings. The predicted molar refractivity (Wildman–Crippen MR) is 77.9 cm³/mol. The van der Waals surface area contributed by atoms with Gasteiger partial charge >= 0.3 is 5.97 Å². The molecule has 0 fully saturated rings. The second-order valence-electron chi connectivity index (χ2n) is 4.79. The quantitative estimate of drug-likeness (QED) is 0.875. The van der Waals surface area contributed by atoms with E-state index in [0.717, 1.165) is 12.8 Å². The smallest absolute Gasteiger partial charge is 0.336 e. The van der Waals surface area contributed by atoms with E-state index in [2.05, 4.69) is 6.92 Å². The number of aryl methyl sites for hydroxylation is 1. The first-order chi connectivity index (χ1) is 9.63. The van der Waals surface area contributed by atoms with Gasteiger partial charge in [-0.2, -0.15) is 0 Å². The van der Waals surface area contributed by atoms with Crippen LogP contribution in [0.2, 0.25) is 0 Å². The maximum atomic E-state index is 11.2. The van der Waals surface area contributed by atoms with Crippen molar-refractivity contribution in [3.05, 3.63) is 70.8 Å². The van der Waals surface area contributed by atoms with Crippen LogP contribution in [0.15, 0.2) is 48.5 Å². The van der Waals surface area contributed by atoms with Gasteiger partial charge < -0.3 is 10.2 Å². The Morgan fingerprint density at radius 2 is 1.75 bits per heavy atom. The molecular weight excluding hydrogens is 252 g/mol. The molecule has 0 aromatic heterocycles. The van der Waals surface area contributed by atoms with E-state index in [9.17, 15) is 9.90 Å². The lowest BCUT2D eigenvalue weighted by molar-refractivity contribution is 0.0691. The van der Waals surface area contributed by atoms with Crippen LogP contribution in [0.25, 0.3) is 0 Å². The number of hydrogen-bond donors (Lipinski definition) is 2. The van der Waals surface area contributed by atoms with Crippen LogP contribution in [0, 0.1) is 0 Å². The van der Waals surface area contributed by atoms with E-state index in [1.165, 1.54) is 11.6 Å². The SMILES string of the molecule is CCCc1ccc(C(O)c2ccccc2C(=O)O)cc1. The molecule has 2 aromatic carbocycles. The molecule has 0 spiro atoms. The van der Waals surface area contributed by atoms with E-state index in [1.807, 2.05) is 24.3 Å². The van der Waals surface area contributed by atoms with Crippen LogP contribution in [0.3, 0.4) is 0 Å². The number of carboxylic acid groups (broad SMARTS) is 1. The summed E-state index contributed by atoms with van der Waals surface area (Å²) in [6.45, 7) is 2.12. The van der Waals surface area contributed by atoms with E-state index in [1.54, 1.807) is 18.2 Å². The summed E-state index contributed by atoms with van der Waals surface area (Å²) in [5, 5.41) is 19.5. The van der Waals surface area contributed by atoms with Crippen LogP contribution in [0.1, 0.15) is 46.5 Å². The number of carbonyl (C=O) groups is 1. The van der Waals surface area contributed by atoms with Crippen molar-refractivity contribution in [3.63, 3.8) is 0 Å². The lowest BCUT2D eigenvalue weighted by atomic mass is 9.96. The Kier molecular flexibility index (Phi) is 4.53. The summed E-state index contributed by atoms with van der Waals surface area (Å²) in [4.78, 5) is 11.2. The van der Waals surface area contributed by atoms with Crippen molar-refractivity contribution in [2.75, 3.05) is 0 Å². The second-order valence-corrected chi connectivity index (χ2v) is 4.79. The molecule has 0 heterocycles. The Balaban J connectivity index is 2.31. The molecule has 1 atom stereocenters. The predicted octanol–water partition coefficient (Wildman–Crippen LogP) is 3.42. The highest BCUT2D eigenvalue weighted by atomic mass is 16.4. The van der Waals surface area contributed by atoms with Gasteiger partial charge in [0.1, 0.15) is 6.10 Å². The summed E-state index contributed by atoms with van der Waals surface area (Å²) in [5.41, 5.74) is 2.48. The second kappa shape index (κ2) is 6.35. The molecule has 104 valence electrons. The average Bonchev–Trinajstić information content (AvgIpc) is 2.47. The normalized spacial score (nSPS) is 12.1. The minimum atomic E-state index is -1.03. The van der Waals surface area contributed by atoms with E-state index in [-0.39, 0.29) is 5.56 Å². The number of rotatable bonds is 5. The maximum Gasteiger partial charge on any atom is 0.336 e. The standard InChI is InChI=1S/C17H18O3/c1-2-5-12-8-10-13(11-9-12)16(18)14-6-3-4-7-15(14)17(19)20/h3-4,6-11,16,18H,2,5H2,1H3,(H,19,20). The zero-order valence-corrected chi connectivity index (χ0v) is 11.4. The van der Waals surface area contributed by atoms with Crippen LogP contribution in [-0.4, -0.2) is 16.2 Å². The van der Waals surface area contributed by atoms with Crippen molar-refractivity contribution >= 4 is 5.97 Å². The Morgan fingerprint density at radius 1 is 1.10 bits per heavy atom. The maximum absolute atomic E-state index is 11.2. The zero-order chi connectivity index (χ0) is 14.5. The van der Waals surface area contributed by atoms with Gasteiger partial charge in [0, 0.05) is 0 Å². The topological polar surface area (TPSA) is 57.5 Å². The highest BCUT2D eigenvalue weighted by molar-refractivity contribution is 5.89. The first-order valence-electron chi connectivity index (χ1n) is 6.72. The van der Waals surface area contributed by atoms with Gasteiger partial charge in [0.15, 0.2) is 0 Å². The van der Waals surface area contributed by atoms with Gasteiger partial charge in [-0.3, -0.25) is 0 Å². The molecule has 0 aliphatic rings. The van der Waals surface area contributed by atoms with Crippen molar-refractivity contribution < 1.29 is 15.0 Å². The van der Waals surface area contributed by atoms with Crippen molar-refractivity contribution in [3.8, 4) is 0 Å². The number of benzene rings is 2. The molecule has 20 heavy (non-hydrogen) atoms. The van der Waals surface area contributed by atoms with Crippen molar-refractivity contribution in [1.82, 2.24) is 0 Å². The molecule has 0 aliphatic carbocycles. The van der Waals surface area contributed by atoms with Crippen molar-refractivity contribution in [1.29, 1.82) is 0 Å². The fourth-order valence-corrected chi connectivity index (χ4v) is 2.27. The highest BCUT2D eigenvalue weighted by Crippen LogP contribution is 2.25. The Labute approximate surface area is 118 Å². The van der Waals surface area contributed by atoms with Crippen LogP contribution >= 0.6 is 0 Å². The van der Waals surface area contributed by atoms with Gasteiger partial charge in [-0.15, -0.1) is 0 Å². The number of aliphatic hydroxyl groups is 1. The number of aliphatic hydroxyl groups excluding tert-OH is 1. The molecule has 0 bridgehead atoms. The van der Waals surface area contributed by atoms with Gasteiger partial charge in [-0.25, -0.2) is 4.79 Å². The summed E-state index contributed by atoms with van der Waals surface area (Å²) in [7, 11) is 0. The molecule has 1 unspecified atom stereocenters. The molecule has 0 radical (unpaired) electrons. The highest BCUT2D eigenvalue weighted by Gasteiger charge is 2.17. The number of aromatic carboxylic acids is 1. The Morgan fingerprint density at radius 3 is 2.35 bits per heavy atom. The lowest BCUT2D eigenvalue weighted by Gasteiger charge is -2.14. The molecule has 0 amide bonds. The number of carboxylic acids is 1. The zero-order valence-electron chi connectivity index (χ0n) is 11.4. The van der Waals surface area contributed by atoms with Crippen LogP contribution in [0.4, 0.5) is 0 Å². The number of hydrogen-bond acceptors (Lipinski definition) is 2. The van der Waals surface area contributed by atoms with Gasteiger partial charge in [-0.05, 0) is 29.2 Å². The third-order valence-corrected chi connectivity index (χ3v) is 3.32. The molecule has 3 heteroatoms. The van der Waals surface area contributed by atoms with Gasteiger partial charge in [0.2, 0.25) is 0 Å². The summed E-state index contributed by atoms with van der Waals surface area (Å²) in [6, 6.07) is 14.2. The van der Waals surface area contributed by atoms with Gasteiger partial charge in [-0.1, -0.05) is 55.8 Å². The molecular formula is C17H18O3. The van der Waals surface area contributed by atoms with E-state index in [0.29, 0.717) is 11.1 Å². The molecule has 0 saturated heterocycles. The molecule has 0 aliphatic heterocycles. The summed E-state index contributed by atoms with van der Waals surface area (Å²) < 4.78 is 0. The van der Waals surface area contributed by atoms with Gasteiger partial charge in [0.25, 0.3) is 0 Å². The Hall–Kier alpha value is -2.13. The minimum Gasteiger partial charge on any atom is -0.478 e. The summed E-state index contributed by atoms with van der Waals surface area (Å²) in [5.74, 6) is -1.03. The van der Waals surface area contributed by atoms with Crippen molar-refractivity contribution in [2.45, 2.75) is 25.9 Å². The minimum absolute atomic E-state index is 0.137. The average molecular weight is 270 g/mol. The third kappa shape index (κ3) is 3.06. The fraction of sp³-hybridized carbons (Fsp3) is 0.235. The first kappa shape index (κ1) is 14.3. The fourth-order valence-electron chi connectivity index (χ4n) is 2.27. The van der Waals surface area contributed by atoms with E-state index >= 15 is 0 Å². The van der Waals surface area contributed by atoms with Crippen LogP contribution in [0.5, 0.6) is 0 Å². The Bertz CT molecular complexity index is 587. The van der Waals surface area contributed by atoms with E-state index in [4.69, 9.17) is 5.11 Å². The van der Waals surface area contributed by atoms with Gasteiger partial charge in [0.05, 0.1) is 5.56 Å². The molecule has 0 saturated carbocycles. The molecule has 2 rings (SSSR count). The third-order valence-electron chi connectivity index (χ3n) is 3.32. The van der Waals surface area contributed by atoms with Crippen LogP contribution < -0.4 is 0 Å². The first-order valence-corrected chi connectivity index (χ1v) is 6.72. The monoisotopic (exact) mass is 270 g/mol. The van der Waals surface area contributed by atoms with Crippen LogP contribution in [-0.2, 0) is 6.42 Å². The molecule has 3 nitrogen and oxygen atoms in total. The summed E-state index contributed by atoms with van der Waals surface area (Å²) in [6.07, 6.45) is 1.16. The molecule has 2 N–H and O–H groups in total. The van der Waals surface area contributed by atoms with E-state index < -0.39 is 12.1 Å². The van der Waals surface area contributed by atoms with Crippen molar-refractivity contribution in [2.24, 2.45) is 0 Å². The largest absolute Gasteiger partial charge is 0.478 e. The lowest BCUT2D eigenvalue weighted by Crippen LogP contribution is -2.08. The summed E-state index contributed by atoms with van der Waals surface area (Å²) >= 11 is 0.